The van der Waals surface area contributed by atoms with Gasteiger partial charge in [0.05, 0.1) is 14.2 Å². The fraction of sp³-hybridized carbons (Fsp3) is 0.0833. The molecule has 2 rings (SSSR count). The van der Waals surface area contributed by atoms with Crippen molar-refractivity contribution in [3.8, 4) is 0 Å². The van der Waals surface area contributed by atoms with Crippen molar-refractivity contribution in [1.29, 1.82) is 0 Å². The Bertz CT molecular complexity index is 575. The number of carbonyl (C=O) groups excluding carboxylic acids is 1. The molecule has 1 aromatic heterocycles. The van der Waals surface area contributed by atoms with Gasteiger partial charge >= 0.3 is 0 Å². The molecule has 1 nitrogen and oxygen atoms in total. The Morgan fingerprint density at radius 2 is 2.12 bits per heavy atom. The van der Waals surface area contributed by atoms with Gasteiger partial charge in [-0.15, -0.1) is 11.3 Å². The van der Waals surface area contributed by atoms with E-state index in [1.807, 2.05) is 6.92 Å². The van der Waals surface area contributed by atoms with Gasteiger partial charge in [-0.1, -0.05) is 11.6 Å². The summed E-state index contributed by atoms with van der Waals surface area (Å²) in [5.74, 6) is -0.898. The van der Waals surface area contributed by atoms with Crippen LogP contribution in [0, 0.1) is 12.7 Å². The van der Waals surface area contributed by atoms with Gasteiger partial charge in [0.2, 0.25) is 5.78 Å². The fourth-order valence-corrected chi connectivity index (χ4v) is 3.04. The number of halogens is 3. The fourth-order valence-electron chi connectivity index (χ4n) is 1.38. The van der Waals surface area contributed by atoms with Gasteiger partial charge in [0.25, 0.3) is 0 Å². The molecule has 0 saturated carbocycles. The third-order valence-corrected chi connectivity index (χ3v) is 4.62. The molecule has 0 spiro atoms. The topological polar surface area (TPSA) is 17.1 Å². The van der Waals surface area contributed by atoms with Gasteiger partial charge in [0.15, 0.2) is 0 Å². The first-order valence-corrected chi connectivity index (χ1v) is 6.73. The van der Waals surface area contributed by atoms with Crippen LogP contribution in [-0.4, -0.2) is 5.78 Å². The van der Waals surface area contributed by atoms with E-state index in [0.717, 1.165) is 9.35 Å². The van der Waals surface area contributed by atoms with E-state index in [9.17, 15) is 9.18 Å². The minimum atomic E-state index is -0.554. The zero-order chi connectivity index (χ0) is 12.6. The van der Waals surface area contributed by atoms with Crippen LogP contribution in [0.5, 0.6) is 0 Å². The van der Waals surface area contributed by atoms with Crippen molar-refractivity contribution in [3.63, 3.8) is 0 Å². The molecule has 0 radical (unpaired) electrons. The molecule has 0 N–H and O–H groups in total. The van der Waals surface area contributed by atoms with Crippen LogP contribution in [0.3, 0.4) is 0 Å². The van der Waals surface area contributed by atoms with Gasteiger partial charge in [-0.2, -0.15) is 0 Å². The summed E-state index contributed by atoms with van der Waals surface area (Å²) >= 11 is 10.4. The molecule has 1 heterocycles. The van der Waals surface area contributed by atoms with Crippen molar-refractivity contribution < 1.29 is 9.18 Å². The van der Waals surface area contributed by atoms with E-state index >= 15 is 0 Å². The summed E-state index contributed by atoms with van der Waals surface area (Å²) in [5, 5.41) is 0.349. The molecule has 5 heteroatoms. The number of carbonyl (C=O) groups is 1. The predicted octanol–water partition coefficient (Wildman–Crippen LogP) is 4.84. The molecule has 88 valence electrons. The molecular formula is C12H7BrClFOS. The first-order chi connectivity index (χ1) is 7.99. The van der Waals surface area contributed by atoms with E-state index < -0.39 is 5.82 Å². The van der Waals surface area contributed by atoms with E-state index in [2.05, 4.69) is 15.9 Å². The van der Waals surface area contributed by atoms with Crippen molar-refractivity contribution >= 4 is 44.7 Å². The van der Waals surface area contributed by atoms with Gasteiger partial charge in [-0.05, 0) is 52.7 Å². The van der Waals surface area contributed by atoms with E-state index in [1.165, 1.54) is 29.5 Å². The largest absolute Gasteiger partial charge is 0.288 e. The highest BCUT2D eigenvalue weighted by molar-refractivity contribution is 9.11. The number of rotatable bonds is 2. The highest BCUT2D eigenvalue weighted by atomic mass is 79.9. The third-order valence-electron chi connectivity index (χ3n) is 2.25. The molecular weight excluding hydrogens is 327 g/mol. The molecule has 0 aliphatic heterocycles. The Kier molecular flexibility index (Phi) is 3.66. The van der Waals surface area contributed by atoms with Crippen molar-refractivity contribution in [2.75, 3.05) is 0 Å². The maximum atomic E-state index is 13.5. The second-order valence-electron chi connectivity index (χ2n) is 3.52. The lowest BCUT2D eigenvalue weighted by Gasteiger charge is -2.00. The van der Waals surface area contributed by atoms with Crippen LogP contribution in [-0.2, 0) is 0 Å². The lowest BCUT2D eigenvalue weighted by atomic mass is 10.1. The Morgan fingerprint density at radius 1 is 1.41 bits per heavy atom. The summed E-state index contributed by atoms with van der Waals surface area (Å²) in [4.78, 5) is 12.6. The van der Waals surface area contributed by atoms with E-state index in [-0.39, 0.29) is 11.3 Å². The second-order valence-corrected chi connectivity index (χ2v) is 6.33. The quantitative estimate of drug-likeness (QED) is 0.719. The number of hydrogen-bond donors (Lipinski definition) is 0. The average molecular weight is 334 g/mol. The molecule has 1 aromatic carbocycles. The Morgan fingerprint density at radius 3 is 2.71 bits per heavy atom. The van der Waals surface area contributed by atoms with Crippen molar-refractivity contribution in [2.24, 2.45) is 0 Å². The van der Waals surface area contributed by atoms with Gasteiger partial charge in [0, 0.05) is 5.02 Å². The van der Waals surface area contributed by atoms with Gasteiger partial charge in [0.1, 0.15) is 5.82 Å². The molecule has 0 amide bonds. The first-order valence-electron chi connectivity index (χ1n) is 4.74. The van der Waals surface area contributed by atoms with Crippen LogP contribution >= 0.6 is 38.9 Å². The van der Waals surface area contributed by atoms with Crippen molar-refractivity contribution in [3.05, 3.63) is 54.9 Å². The van der Waals surface area contributed by atoms with Crippen LogP contribution in [0.25, 0.3) is 0 Å². The molecule has 17 heavy (non-hydrogen) atoms. The predicted molar refractivity (Wildman–Crippen MR) is 71.6 cm³/mol. The van der Waals surface area contributed by atoms with E-state index in [0.29, 0.717) is 9.90 Å². The Hall–Kier alpha value is -0.710. The molecule has 0 atom stereocenters. The monoisotopic (exact) mass is 332 g/mol. The van der Waals surface area contributed by atoms with Crippen molar-refractivity contribution in [2.45, 2.75) is 6.92 Å². The number of hydrogen-bond acceptors (Lipinski definition) is 2. The smallest absolute Gasteiger partial charge is 0.205 e. The van der Waals surface area contributed by atoms with Crippen molar-refractivity contribution in [1.82, 2.24) is 0 Å². The number of ketones is 1. The van der Waals surface area contributed by atoms with Gasteiger partial charge in [-0.25, -0.2) is 4.39 Å². The van der Waals surface area contributed by atoms with E-state index in [1.54, 1.807) is 6.07 Å². The average Bonchev–Trinajstić information content (AvgIpc) is 2.62. The summed E-state index contributed by atoms with van der Waals surface area (Å²) in [6.07, 6.45) is 0. The maximum absolute atomic E-state index is 13.5. The summed E-state index contributed by atoms with van der Waals surface area (Å²) in [5.41, 5.74) is 0.965. The normalized spacial score (nSPS) is 10.6. The van der Waals surface area contributed by atoms with Crippen LogP contribution in [0.15, 0.2) is 28.1 Å². The standard InChI is InChI=1S/C12H7BrClFOS/c1-6-4-10(17-12(6)13)11(16)8-5-7(14)2-3-9(8)15/h2-5H,1H3. The van der Waals surface area contributed by atoms with Crippen LogP contribution in [0.1, 0.15) is 20.8 Å². The number of aryl methyl sites for hydroxylation is 1. The van der Waals surface area contributed by atoms with E-state index in [4.69, 9.17) is 11.6 Å². The van der Waals surface area contributed by atoms with Crippen LogP contribution in [0.2, 0.25) is 5.02 Å². The molecule has 0 fully saturated rings. The molecule has 0 aliphatic rings. The second kappa shape index (κ2) is 4.88. The number of thiophene rings is 1. The number of benzene rings is 1. The Labute approximate surface area is 115 Å². The summed E-state index contributed by atoms with van der Waals surface area (Å²) in [6, 6.07) is 5.70. The molecule has 0 unspecified atom stereocenters. The molecule has 0 saturated heterocycles. The lowest BCUT2D eigenvalue weighted by Crippen LogP contribution is -2.01. The van der Waals surface area contributed by atoms with Gasteiger partial charge < -0.3 is 0 Å². The summed E-state index contributed by atoms with van der Waals surface area (Å²) in [7, 11) is 0. The van der Waals surface area contributed by atoms with Crippen LogP contribution in [0.4, 0.5) is 4.39 Å². The molecule has 0 bridgehead atoms. The lowest BCUT2D eigenvalue weighted by molar-refractivity contribution is 0.103. The molecule has 2 aromatic rings. The zero-order valence-corrected chi connectivity index (χ0v) is 11.9. The van der Waals surface area contributed by atoms with Gasteiger partial charge in [-0.3, -0.25) is 4.79 Å². The summed E-state index contributed by atoms with van der Waals surface area (Å²) < 4.78 is 14.4. The maximum Gasteiger partial charge on any atom is 0.205 e. The summed E-state index contributed by atoms with van der Waals surface area (Å²) in [6.45, 7) is 1.88. The Balaban J connectivity index is 2.47. The zero-order valence-electron chi connectivity index (χ0n) is 8.76. The molecule has 0 aliphatic carbocycles. The SMILES string of the molecule is Cc1cc(C(=O)c2cc(Cl)ccc2F)sc1Br. The van der Waals surface area contributed by atoms with Crippen LogP contribution < -0.4 is 0 Å². The third kappa shape index (κ3) is 2.59. The highest BCUT2D eigenvalue weighted by Gasteiger charge is 2.17. The minimum Gasteiger partial charge on any atom is -0.288 e. The highest BCUT2D eigenvalue weighted by Crippen LogP contribution is 2.30. The first kappa shape index (κ1) is 12.7. The minimum absolute atomic E-state index is 0.00579.